The third-order valence-electron chi connectivity index (χ3n) is 5.84. The second kappa shape index (κ2) is 10.1. The maximum atomic E-state index is 14.8. The van der Waals surface area contributed by atoms with E-state index in [9.17, 15) is 22.4 Å². The van der Waals surface area contributed by atoms with Crippen LogP contribution in [0.25, 0.3) is 22.2 Å². The lowest BCUT2D eigenvalue weighted by Crippen LogP contribution is -2.28. The van der Waals surface area contributed by atoms with E-state index in [0.717, 1.165) is 27.8 Å². The van der Waals surface area contributed by atoms with E-state index in [2.05, 4.69) is 15.0 Å². The molecule has 6 nitrogen and oxygen atoms in total. The van der Waals surface area contributed by atoms with Crippen LogP contribution in [0.15, 0.2) is 65.3 Å². The molecule has 0 spiro atoms. The number of fused-ring (bicyclic) bond motifs is 1. The average molecular weight is 561 g/mol. The van der Waals surface area contributed by atoms with Gasteiger partial charge in [-0.05, 0) is 36.8 Å². The largest absolute Gasteiger partial charge is 0.486 e. The molecule has 1 aromatic carbocycles. The number of para-hydroxylation sites is 1. The van der Waals surface area contributed by atoms with Crippen molar-refractivity contribution in [3.05, 3.63) is 103 Å². The van der Waals surface area contributed by atoms with E-state index >= 15 is 0 Å². The maximum Gasteiger partial charge on any atom is 0.421 e. The van der Waals surface area contributed by atoms with E-state index in [1.54, 1.807) is 17.6 Å². The van der Waals surface area contributed by atoms with Gasteiger partial charge in [-0.25, -0.2) is 14.4 Å². The molecular weight excluding hydrogens is 544 g/mol. The van der Waals surface area contributed by atoms with Crippen molar-refractivity contribution in [2.45, 2.75) is 26.3 Å². The summed E-state index contributed by atoms with van der Waals surface area (Å²) in [5, 5.41) is 0.729. The lowest BCUT2D eigenvalue weighted by molar-refractivity contribution is -0.138. The lowest BCUT2D eigenvalue weighted by atomic mass is 10.0. The predicted molar refractivity (Wildman–Crippen MR) is 136 cm³/mol. The van der Waals surface area contributed by atoms with Gasteiger partial charge in [0.15, 0.2) is 0 Å². The molecule has 0 N–H and O–H groups in total. The number of thiazole rings is 1. The molecule has 0 radical (unpaired) electrons. The van der Waals surface area contributed by atoms with Gasteiger partial charge in [0.25, 0.3) is 5.56 Å². The normalized spacial score (nSPS) is 11.7. The first-order valence-electron chi connectivity index (χ1n) is 11.1. The lowest BCUT2D eigenvalue weighted by Gasteiger charge is -2.15. The molecule has 0 aliphatic carbocycles. The van der Waals surface area contributed by atoms with Gasteiger partial charge in [0.05, 0.1) is 18.3 Å². The summed E-state index contributed by atoms with van der Waals surface area (Å²) in [5.74, 6) is -0.362. The minimum atomic E-state index is -4.81. The van der Waals surface area contributed by atoms with Crippen LogP contribution in [0.2, 0.25) is 4.34 Å². The molecule has 0 saturated heterocycles. The molecule has 0 aliphatic rings. The number of halogens is 5. The highest BCUT2D eigenvalue weighted by atomic mass is 35.5. The molecule has 12 heteroatoms. The second-order valence-electron chi connectivity index (χ2n) is 8.34. The van der Waals surface area contributed by atoms with Gasteiger partial charge in [-0.15, -0.1) is 11.3 Å². The first-order valence-corrected chi connectivity index (χ1v) is 12.4. The fourth-order valence-corrected chi connectivity index (χ4v) is 4.88. The number of hydrogen-bond acceptors (Lipinski definition) is 6. The van der Waals surface area contributed by atoms with E-state index in [1.807, 2.05) is 19.1 Å². The summed E-state index contributed by atoms with van der Waals surface area (Å²) in [4.78, 5) is 25.2. The first kappa shape index (κ1) is 25.8. The molecule has 0 bridgehead atoms. The predicted octanol–water partition coefficient (Wildman–Crippen LogP) is 6.66. The summed E-state index contributed by atoms with van der Waals surface area (Å²) in [6, 6.07) is 8.96. The Kier molecular flexibility index (Phi) is 6.89. The molecule has 4 aromatic heterocycles. The van der Waals surface area contributed by atoms with Crippen molar-refractivity contribution in [2.24, 2.45) is 0 Å². The summed E-state index contributed by atoms with van der Waals surface area (Å²) in [5.41, 5.74) is 1.92. The molecule has 0 amide bonds. The van der Waals surface area contributed by atoms with Crippen molar-refractivity contribution in [3.8, 4) is 17.0 Å². The van der Waals surface area contributed by atoms with E-state index in [0.29, 0.717) is 33.1 Å². The van der Waals surface area contributed by atoms with Crippen molar-refractivity contribution in [1.82, 2.24) is 19.5 Å². The average Bonchev–Trinajstić information content (AvgIpc) is 3.29. The zero-order valence-corrected chi connectivity index (χ0v) is 21.2. The van der Waals surface area contributed by atoms with Gasteiger partial charge >= 0.3 is 6.18 Å². The monoisotopic (exact) mass is 560 g/mol. The van der Waals surface area contributed by atoms with Crippen LogP contribution in [0, 0.1) is 12.7 Å². The van der Waals surface area contributed by atoms with Crippen molar-refractivity contribution < 1.29 is 22.3 Å². The van der Waals surface area contributed by atoms with Gasteiger partial charge in [-0.3, -0.25) is 9.78 Å². The van der Waals surface area contributed by atoms with Crippen molar-refractivity contribution in [3.63, 3.8) is 0 Å². The van der Waals surface area contributed by atoms with Gasteiger partial charge in [-0.1, -0.05) is 23.7 Å². The quantitative estimate of drug-likeness (QED) is 0.217. The number of pyridine rings is 3. The Balaban J connectivity index is 1.50. The minimum Gasteiger partial charge on any atom is -0.486 e. The van der Waals surface area contributed by atoms with Crippen molar-refractivity contribution in [2.75, 3.05) is 0 Å². The van der Waals surface area contributed by atoms with Crippen LogP contribution in [0.5, 0.6) is 5.75 Å². The van der Waals surface area contributed by atoms with Crippen LogP contribution in [-0.4, -0.2) is 19.5 Å². The van der Waals surface area contributed by atoms with Crippen LogP contribution >= 0.6 is 22.9 Å². The fourth-order valence-electron chi connectivity index (χ4n) is 4.08. The van der Waals surface area contributed by atoms with E-state index in [4.69, 9.17) is 16.3 Å². The SMILES string of the molecule is Cc1cc(-c2ncsc2Cl)c2cccc(OCc3c(F)cncc3Cn3cccc(C(F)(F)F)c3=O)c2n1. The molecule has 0 aliphatic heterocycles. The van der Waals surface area contributed by atoms with E-state index in [-0.39, 0.29) is 24.3 Å². The number of benzene rings is 1. The molecular formula is C26H17ClF4N4O2S. The van der Waals surface area contributed by atoms with E-state index < -0.39 is 23.1 Å². The smallest absolute Gasteiger partial charge is 0.421 e. The number of aryl methyl sites for hydroxylation is 1. The van der Waals surface area contributed by atoms with Gasteiger partial charge < -0.3 is 9.30 Å². The third kappa shape index (κ3) is 4.99. The number of ether oxygens (including phenoxy) is 1. The third-order valence-corrected chi connectivity index (χ3v) is 6.90. The van der Waals surface area contributed by atoms with Crippen LogP contribution in [0.3, 0.4) is 0 Å². The zero-order chi connectivity index (χ0) is 27.0. The molecule has 0 unspecified atom stereocenters. The van der Waals surface area contributed by atoms with Gasteiger partial charge in [0.1, 0.15) is 39.3 Å². The standard InChI is InChI=1S/C26H17ClF4N4O2S/c1-14-8-17(23-24(27)38-13-33-23)16-4-2-6-21(22(16)34-14)37-12-18-15(9-32-10-20(18)28)11-35-7-3-5-19(25(35)36)26(29,30)31/h2-10,13H,11-12H2,1H3. The number of rotatable bonds is 6. The Morgan fingerprint density at radius 3 is 2.71 bits per heavy atom. The molecule has 0 atom stereocenters. The number of nitrogens with zero attached hydrogens (tertiary/aromatic N) is 4. The minimum absolute atomic E-state index is 0.0525. The summed E-state index contributed by atoms with van der Waals surface area (Å²) in [7, 11) is 0. The highest BCUT2D eigenvalue weighted by molar-refractivity contribution is 7.14. The second-order valence-corrected chi connectivity index (χ2v) is 9.80. The number of alkyl halides is 3. The topological polar surface area (TPSA) is 69.9 Å². The van der Waals surface area contributed by atoms with Crippen molar-refractivity contribution in [1.29, 1.82) is 0 Å². The summed E-state index contributed by atoms with van der Waals surface area (Å²) in [6.45, 7) is 1.21. The van der Waals surface area contributed by atoms with Crippen molar-refractivity contribution >= 4 is 33.8 Å². The first-order chi connectivity index (χ1) is 18.1. The number of aromatic nitrogens is 4. The Hall–Kier alpha value is -3.83. The molecule has 194 valence electrons. The van der Waals surface area contributed by atoms with Crippen LogP contribution in [0.1, 0.15) is 22.4 Å². The van der Waals surface area contributed by atoms with Crippen LogP contribution in [-0.2, 0) is 19.3 Å². The Labute approximate surface area is 222 Å². The highest BCUT2D eigenvalue weighted by Crippen LogP contribution is 2.37. The molecule has 0 saturated carbocycles. The van der Waals surface area contributed by atoms with Gasteiger partial charge in [0.2, 0.25) is 0 Å². The summed E-state index contributed by atoms with van der Waals surface area (Å²) < 4.78 is 61.8. The van der Waals surface area contributed by atoms with Crippen LogP contribution < -0.4 is 10.3 Å². The summed E-state index contributed by atoms with van der Waals surface area (Å²) in [6.07, 6.45) is -1.34. The molecule has 0 fully saturated rings. The Morgan fingerprint density at radius 1 is 1.16 bits per heavy atom. The maximum absolute atomic E-state index is 14.8. The molecule has 5 rings (SSSR count). The molecule has 4 heterocycles. The molecule has 38 heavy (non-hydrogen) atoms. The van der Waals surface area contributed by atoms with E-state index in [1.165, 1.54) is 23.7 Å². The van der Waals surface area contributed by atoms with Gasteiger partial charge in [-0.2, -0.15) is 13.2 Å². The highest BCUT2D eigenvalue weighted by Gasteiger charge is 2.34. The summed E-state index contributed by atoms with van der Waals surface area (Å²) >= 11 is 7.63. The fraction of sp³-hybridized carbons (Fsp3) is 0.154. The molecule has 5 aromatic rings. The Bertz CT molecular complexity index is 1720. The number of hydrogen-bond donors (Lipinski definition) is 0. The van der Waals surface area contributed by atoms with Gasteiger partial charge in [0, 0.05) is 34.6 Å². The van der Waals surface area contributed by atoms with Crippen LogP contribution in [0.4, 0.5) is 17.6 Å². The Morgan fingerprint density at radius 2 is 1.97 bits per heavy atom. The zero-order valence-electron chi connectivity index (χ0n) is 19.6.